The summed E-state index contributed by atoms with van der Waals surface area (Å²) in [7, 11) is 0. The third-order valence-corrected chi connectivity index (χ3v) is 8.23. The van der Waals surface area contributed by atoms with Gasteiger partial charge in [-0.1, -0.05) is 91.0 Å². The van der Waals surface area contributed by atoms with E-state index in [1.807, 2.05) is 97.9 Å². The Balaban J connectivity index is 1.42. The Morgan fingerprint density at radius 2 is 1.31 bits per heavy atom. The van der Waals surface area contributed by atoms with Gasteiger partial charge in [0.15, 0.2) is 0 Å². The Bertz CT molecular complexity index is 1390. The first-order valence-electron chi connectivity index (χ1n) is 13.0. The van der Waals surface area contributed by atoms with Crippen LogP contribution >= 0.6 is 11.8 Å². The molecule has 2 unspecified atom stereocenters. The zero-order valence-corrected chi connectivity index (χ0v) is 22.7. The van der Waals surface area contributed by atoms with Crippen LogP contribution in [0.1, 0.15) is 27.6 Å². The van der Waals surface area contributed by atoms with Crippen molar-refractivity contribution in [2.75, 3.05) is 12.3 Å². The minimum absolute atomic E-state index is 0.0760. The number of nitrogens with zero attached hydrogens (tertiary/aromatic N) is 2. The molecule has 4 atom stereocenters. The van der Waals surface area contributed by atoms with Gasteiger partial charge >= 0.3 is 5.69 Å². The topological polar surface area (TPSA) is 88.6 Å². The summed E-state index contributed by atoms with van der Waals surface area (Å²) in [6, 6.07) is 30.1. The molecule has 0 aliphatic carbocycles. The molecule has 1 fully saturated rings. The van der Waals surface area contributed by atoms with Crippen LogP contribution in [0.15, 0.2) is 102 Å². The van der Waals surface area contributed by atoms with E-state index in [-0.39, 0.29) is 22.5 Å². The van der Waals surface area contributed by atoms with Gasteiger partial charge < -0.3 is 19.9 Å². The number of aromatic nitrogens is 2. The first-order chi connectivity index (χ1) is 19.1. The Morgan fingerprint density at radius 3 is 1.87 bits per heavy atom. The highest BCUT2D eigenvalue weighted by Crippen LogP contribution is 2.45. The fraction of sp³-hybridized carbons (Fsp3) is 0.290. The fourth-order valence-electron chi connectivity index (χ4n) is 4.61. The first-order valence-corrected chi connectivity index (χ1v) is 14.0. The molecule has 1 aromatic heterocycles. The highest BCUT2D eigenvalue weighted by atomic mass is 32.2. The first kappa shape index (κ1) is 27.1. The average Bonchev–Trinajstić information content (AvgIpc) is 3.31. The predicted octanol–water partition coefficient (Wildman–Crippen LogP) is 5.14. The molecule has 7 nitrogen and oxygen atoms in total. The largest absolute Gasteiger partial charge is 0.383 e. The zero-order valence-electron chi connectivity index (χ0n) is 21.9. The molecule has 2 heterocycles. The number of hydrogen-bond donors (Lipinski definition) is 1. The monoisotopic (exact) mass is 543 g/mol. The van der Waals surface area contributed by atoms with E-state index < -0.39 is 11.8 Å². The van der Waals surface area contributed by atoms with E-state index in [0.29, 0.717) is 26.4 Å². The van der Waals surface area contributed by atoms with E-state index in [1.165, 1.54) is 0 Å². The molecule has 0 bridgehead atoms. The summed E-state index contributed by atoms with van der Waals surface area (Å²) < 4.78 is 20.9. The quantitative estimate of drug-likeness (QED) is 0.280. The second-order valence-corrected chi connectivity index (χ2v) is 10.9. The molecule has 1 aliphatic heterocycles. The van der Waals surface area contributed by atoms with Gasteiger partial charge in [0.2, 0.25) is 0 Å². The third kappa shape index (κ3) is 6.96. The summed E-state index contributed by atoms with van der Waals surface area (Å²) in [6.45, 7) is 3.60. The van der Waals surface area contributed by atoms with Crippen molar-refractivity contribution in [1.82, 2.24) is 9.55 Å². The summed E-state index contributed by atoms with van der Waals surface area (Å²) >= 11 is 1.62. The summed E-state index contributed by atoms with van der Waals surface area (Å²) in [5, 5.41) is -0.438. The van der Waals surface area contributed by atoms with Crippen LogP contribution in [-0.4, -0.2) is 33.6 Å². The highest BCUT2D eigenvalue weighted by Gasteiger charge is 2.47. The fourth-order valence-corrected chi connectivity index (χ4v) is 6.20. The highest BCUT2D eigenvalue weighted by molar-refractivity contribution is 8.00. The van der Waals surface area contributed by atoms with E-state index in [9.17, 15) is 4.79 Å². The number of benzene rings is 3. The Labute approximate surface area is 232 Å². The SMILES string of the molecule is Cc1cn(C2S[C@H](COCc3ccccc3)[C@H](OCc3ccccc3)C2OCc2ccccc2)c(=O)nc1N. The van der Waals surface area contributed by atoms with Crippen molar-refractivity contribution in [3.63, 3.8) is 0 Å². The number of rotatable bonds is 11. The number of ether oxygens (including phenoxy) is 3. The lowest BCUT2D eigenvalue weighted by molar-refractivity contribution is -0.0920. The number of thioether (sulfide) groups is 1. The molecule has 0 spiro atoms. The maximum atomic E-state index is 13.0. The van der Waals surface area contributed by atoms with Gasteiger partial charge in [-0.2, -0.15) is 4.98 Å². The molecule has 0 saturated carbocycles. The summed E-state index contributed by atoms with van der Waals surface area (Å²) in [5.74, 6) is 0.237. The van der Waals surface area contributed by atoms with E-state index >= 15 is 0 Å². The Hall–Kier alpha value is -3.43. The lowest BCUT2D eigenvalue weighted by Gasteiger charge is -2.27. The standard InChI is InChI=1S/C31H33N3O4S/c1-22-17-34(31(35)33-29(22)32)30-28(38-20-25-15-9-4-10-16-25)27(37-19-24-13-7-3-8-14-24)26(39-30)21-36-18-23-11-5-2-6-12-23/h2-17,26-28,30H,18-21H2,1H3,(H2,32,33,35)/t26-,27+,28?,30?/m1/s1. The van der Waals surface area contributed by atoms with Crippen molar-refractivity contribution in [2.24, 2.45) is 0 Å². The number of nitrogen functional groups attached to an aromatic ring is 1. The van der Waals surface area contributed by atoms with Crippen LogP contribution in [0.4, 0.5) is 5.82 Å². The van der Waals surface area contributed by atoms with Gasteiger partial charge in [0.1, 0.15) is 23.4 Å². The molecule has 8 heteroatoms. The third-order valence-electron chi connectivity index (χ3n) is 6.70. The molecule has 1 aliphatic rings. The maximum absolute atomic E-state index is 13.0. The number of hydrogen-bond acceptors (Lipinski definition) is 7. The normalized spacial score (nSPS) is 20.7. The van der Waals surface area contributed by atoms with Crippen molar-refractivity contribution in [2.45, 2.75) is 49.6 Å². The number of nitrogens with two attached hydrogens (primary N) is 1. The van der Waals surface area contributed by atoms with Gasteiger partial charge in [0, 0.05) is 11.8 Å². The van der Waals surface area contributed by atoms with Crippen molar-refractivity contribution >= 4 is 17.6 Å². The maximum Gasteiger partial charge on any atom is 0.350 e. The van der Waals surface area contributed by atoms with Crippen LogP contribution < -0.4 is 11.4 Å². The van der Waals surface area contributed by atoms with E-state index in [4.69, 9.17) is 19.9 Å². The van der Waals surface area contributed by atoms with Crippen molar-refractivity contribution in [3.8, 4) is 0 Å². The van der Waals surface area contributed by atoms with Gasteiger partial charge in [0.05, 0.1) is 31.7 Å². The van der Waals surface area contributed by atoms with Gasteiger partial charge in [-0.3, -0.25) is 4.57 Å². The molecule has 39 heavy (non-hydrogen) atoms. The van der Waals surface area contributed by atoms with Crippen LogP contribution in [0.5, 0.6) is 0 Å². The molecule has 1 saturated heterocycles. The molecule has 0 amide bonds. The van der Waals surface area contributed by atoms with Gasteiger partial charge in [-0.05, 0) is 23.6 Å². The predicted molar refractivity (Wildman–Crippen MR) is 154 cm³/mol. The van der Waals surface area contributed by atoms with Crippen LogP contribution in [0.25, 0.3) is 0 Å². The van der Waals surface area contributed by atoms with Crippen LogP contribution in [-0.2, 0) is 34.0 Å². The molecular formula is C31H33N3O4S. The minimum atomic E-state index is -0.424. The summed E-state index contributed by atoms with van der Waals surface area (Å²) in [5.41, 5.74) is 9.49. The van der Waals surface area contributed by atoms with Gasteiger partial charge in [-0.15, -0.1) is 11.8 Å². The smallest absolute Gasteiger partial charge is 0.350 e. The van der Waals surface area contributed by atoms with Crippen molar-refractivity contribution in [3.05, 3.63) is 130 Å². The Kier molecular flexibility index (Phi) is 9.11. The second kappa shape index (κ2) is 13.1. The zero-order chi connectivity index (χ0) is 27.0. The molecule has 202 valence electrons. The number of aryl methyl sites for hydroxylation is 1. The molecule has 5 rings (SSSR count). The molecule has 0 radical (unpaired) electrons. The van der Waals surface area contributed by atoms with Crippen LogP contribution in [0, 0.1) is 6.92 Å². The summed E-state index contributed by atoms with van der Waals surface area (Å²) in [6.07, 6.45) is 1.01. The van der Waals surface area contributed by atoms with E-state index in [1.54, 1.807) is 22.5 Å². The second-order valence-electron chi connectivity index (χ2n) is 9.59. The van der Waals surface area contributed by atoms with E-state index in [0.717, 1.165) is 22.3 Å². The minimum Gasteiger partial charge on any atom is -0.383 e. The molecule has 2 N–H and O–H groups in total. The molecule has 4 aromatic rings. The van der Waals surface area contributed by atoms with Crippen LogP contribution in [0.2, 0.25) is 0 Å². The van der Waals surface area contributed by atoms with Crippen molar-refractivity contribution < 1.29 is 14.2 Å². The van der Waals surface area contributed by atoms with E-state index in [2.05, 4.69) is 4.98 Å². The molecule has 3 aromatic carbocycles. The van der Waals surface area contributed by atoms with Gasteiger partial charge in [-0.25, -0.2) is 4.79 Å². The lowest BCUT2D eigenvalue weighted by Crippen LogP contribution is -2.40. The average molecular weight is 544 g/mol. The molecular weight excluding hydrogens is 510 g/mol. The lowest BCUT2D eigenvalue weighted by atomic mass is 10.1. The summed E-state index contributed by atoms with van der Waals surface area (Å²) in [4.78, 5) is 17.1. The van der Waals surface area contributed by atoms with Gasteiger partial charge in [0.25, 0.3) is 0 Å². The number of anilines is 1. The Morgan fingerprint density at radius 1 is 0.795 bits per heavy atom. The van der Waals surface area contributed by atoms with Crippen LogP contribution in [0.3, 0.4) is 0 Å². The van der Waals surface area contributed by atoms with Crippen molar-refractivity contribution in [1.29, 1.82) is 0 Å².